The molecule has 3 fully saturated rings. The Morgan fingerprint density at radius 1 is 1.39 bits per heavy atom. The van der Waals surface area contributed by atoms with Crippen molar-refractivity contribution in [2.24, 2.45) is 5.41 Å². The quantitative estimate of drug-likeness (QED) is 0.764. The summed E-state index contributed by atoms with van der Waals surface area (Å²) < 4.78 is 5.42. The van der Waals surface area contributed by atoms with Gasteiger partial charge in [0.1, 0.15) is 0 Å². The fourth-order valence-corrected chi connectivity index (χ4v) is 2.43. The van der Waals surface area contributed by atoms with Crippen molar-refractivity contribution < 1.29 is 9.53 Å². The van der Waals surface area contributed by atoms with Gasteiger partial charge in [-0.05, 0) is 11.8 Å². The summed E-state index contributed by atoms with van der Waals surface area (Å²) in [4.78, 5) is 14.3. The first kappa shape index (κ1) is 13.6. The molecule has 2 bridgehead atoms. The predicted octanol–water partition coefficient (Wildman–Crippen LogP) is 1.18. The van der Waals surface area contributed by atoms with Crippen LogP contribution in [0.1, 0.15) is 27.2 Å². The number of nitrogens with zero attached hydrogens (tertiary/aromatic N) is 1. The minimum Gasteiger partial charge on any atom is -0.378 e. The molecule has 0 aromatic carbocycles. The third kappa shape index (κ3) is 3.12. The number of amides is 1. The zero-order valence-corrected chi connectivity index (χ0v) is 11.7. The summed E-state index contributed by atoms with van der Waals surface area (Å²) in [6, 6.07) is 0.992. The molecule has 3 aliphatic heterocycles. The van der Waals surface area contributed by atoms with E-state index in [0.29, 0.717) is 30.7 Å². The van der Waals surface area contributed by atoms with Crippen LogP contribution in [0.3, 0.4) is 0 Å². The Balaban J connectivity index is 1.76. The average Bonchev–Trinajstić information content (AvgIpc) is 2.32. The monoisotopic (exact) mass is 252 g/mol. The molecule has 2 unspecified atom stereocenters. The molecule has 0 saturated carbocycles. The second-order valence-electron chi connectivity index (χ2n) is 6.60. The van der Waals surface area contributed by atoms with Crippen molar-refractivity contribution in [2.45, 2.75) is 39.3 Å². The van der Waals surface area contributed by atoms with E-state index in [9.17, 15) is 4.79 Å². The third-order valence-corrected chi connectivity index (χ3v) is 3.58. The molecule has 4 nitrogen and oxygen atoms in total. The lowest BCUT2D eigenvalue weighted by Crippen LogP contribution is -2.64. The lowest BCUT2D eigenvalue weighted by Gasteiger charge is -2.52. The Kier molecular flexibility index (Phi) is 3.78. The van der Waals surface area contributed by atoms with Crippen LogP contribution >= 0.6 is 0 Å². The number of hydrogen-bond donors (Lipinski definition) is 1. The number of hydrogen-bond acceptors (Lipinski definition) is 3. The zero-order chi connectivity index (χ0) is 13.3. The maximum absolute atomic E-state index is 11.9. The Morgan fingerprint density at radius 3 is 2.50 bits per heavy atom. The average molecular weight is 252 g/mol. The van der Waals surface area contributed by atoms with Crippen molar-refractivity contribution in [1.82, 2.24) is 10.2 Å². The van der Waals surface area contributed by atoms with Crippen LogP contribution in [-0.2, 0) is 9.53 Å². The molecule has 2 atom stereocenters. The van der Waals surface area contributed by atoms with E-state index in [1.165, 1.54) is 6.42 Å². The summed E-state index contributed by atoms with van der Waals surface area (Å²) in [6.45, 7) is 13.2. The molecule has 3 aliphatic rings. The molecule has 1 N–H and O–H groups in total. The van der Waals surface area contributed by atoms with Crippen molar-refractivity contribution >= 4 is 5.91 Å². The van der Waals surface area contributed by atoms with Gasteiger partial charge in [-0.2, -0.15) is 0 Å². The minimum absolute atomic E-state index is 0.0178. The Hall–Kier alpha value is -0.870. The van der Waals surface area contributed by atoms with Gasteiger partial charge in [0, 0.05) is 30.7 Å². The molecule has 1 amide bonds. The highest BCUT2D eigenvalue weighted by Gasteiger charge is 2.42. The lowest BCUT2D eigenvalue weighted by molar-refractivity contribution is -0.128. The van der Waals surface area contributed by atoms with Crippen LogP contribution in [0.15, 0.2) is 12.2 Å². The Morgan fingerprint density at radius 2 is 2.00 bits per heavy atom. The van der Waals surface area contributed by atoms with E-state index in [0.717, 1.165) is 13.2 Å². The second kappa shape index (κ2) is 5.02. The molecule has 102 valence electrons. The van der Waals surface area contributed by atoms with E-state index in [1.54, 1.807) is 0 Å². The molecular weight excluding hydrogens is 228 g/mol. The summed E-state index contributed by atoms with van der Waals surface area (Å²) in [5, 5.41) is 2.95. The van der Waals surface area contributed by atoms with Gasteiger partial charge in [-0.3, -0.25) is 9.69 Å². The number of nitrogens with one attached hydrogen (secondary N) is 1. The number of fused-ring (bicyclic) bond motifs is 2. The standard InChI is InChI=1S/C14H24N2O2/c1-10(13(17)15-9-14(2,3)4)6-16-11-5-12(16)8-18-7-11/h11-12H,1,5-9H2,2-4H3,(H,15,17). The van der Waals surface area contributed by atoms with Gasteiger partial charge >= 0.3 is 0 Å². The molecule has 3 heterocycles. The SMILES string of the molecule is C=C(CN1C2COCC1C2)C(=O)NCC(C)(C)C. The number of ether oxygens (including phenoxy) is 1. The smallest absolute Gasteiger partial charge is 0.247 e. The normalized spacial score (nSPS) is 27.5. The summed E-state index contributed by atoms with van der Waals surface area (Å²) in [5.41, 5.74) is 0.771. The highest BCUT2D eigenvalue weighted by atomic mass is 16.5. The van der Waals surface area contributed by atoms with Gasteiger partial charge in [-0.1, -0.05) is 27.4 Å². The molecule has 0 aromatic heterocycles. The molecule has 0 aliphatic carbocycles. The number of morpholine rings is 1. The van der Waals surface area contributed by atoms with E-state index in [2.05, 4.69) is 37.6 Å². The fraction of sp³-hybridized carbons (Fsp3) is 0.786. The van der Waals surface area contributed by atoms with Crippen LogP contribution in [0, 0.1) is 5.41 Å². The second-order valence-corrected chi connectivity index (χ2v) is 6.60. The van der Waals surface area contributed by atoms with Gasteiger partial charge in [0.15, 0.2) is 0 Å². The lowest BCUT2D eigenvalue weighted by atomic mass is 9.90. The predicted molar refractivity (Wildman–Crippen MR) is 71.3 cm³/mol. The summed E-state index contributed by atoms with van der Waals surface area (Å²) >= 11 is 0. The fourth-order valence-electron chi connectivity index (χ4n) is 2.43. The van der Waals surface area contributed by atoms with Crippen molar-refractivity contribution in [3.8, 4) is 0 Å². The first-order valence-corrected chi connectivity index (χ1v) is 6.66. The molecule has 18 heavy (non-hydrogen) atoms. The molecule has 0 aromatic rings. The van der Waals surface area contributed by atoms with E-state index in [-0.39, 0.29) is 11.3 Å². The first-order valence-electron chi connectivity index (χ1n) is 6.66. The van der Waals surface area contributed by atoms with Crippen LogP contribution in [0.5, 0.6) is 0 Å². The van der Waals surface area contributed by atoms with Crippen LogP contribution in [0.4, 0.5) is 0 Å². The molecule has 0 spiro atoms. The van der Waals surface area contributed by atoms with Crippen LogP contribution in [0.25, 0.3) is 0 Å². The number of rotatable bonds is 4. The van der Waals surface area contributed by atoms with Crippen molar-refractivity contribution in [1.29, 1.82) is 0 Å². The van der Waals surface area contributed by atoms with E-state index in [1.807, 2.05) is 0 Å². The van der Waals surface area contributed by atoms with Gasteiger partial charge in [0.2, 0.25) is 5.91 Å². The maximum atomic E-state index is 11.9. The summed E-state index contributed by atoms with van der Waals surface area (Å²) in [5.74, 6) is -0.0178. The Labute approximate surface area is 109 Å². The molecule has 4 heteroatoms. The van der Waals surface area contributed by atoms with Crippen LogP contribution in [-0.4, -0.2) is 49.2 Å². The van der Waals surface area contributed by atoms with Gasteiger partial charge < -0.3 is 10.1 Å². The molecule has 0 radical (unpaired) electrons. The number of carbonyl (C=O) groups excluding carboxylic acids is 1. The van der Waals surface area contributed by atoms with Gasteiger partial charge in [0.05, 0.1) is 13.2 Å². The third-order valence-electron chi connectivity index (χ3n) is 3.58. The first-order chi connectivity index (χ1) is 8.37. The van der Waals surface area contributed by atoms with Gasteiger partial charge in [0.25, 0.3) is 0 Å². The Bertz CT molecular complexity index is 332. The van der Waals surface area contributed by atoms with E-state index < -0.39 is 0 Å². The highest BCUT2D eigenvalue weighted by Crippen LogP contribution is 2.31. The van der Waals surface area contributed by atoms with Gasteiger partial charge in [-0.25, -0.2) is 0 Å². The molecular formula is C14H24N2O2. The molecule has 3 rings (SSSR count). The topological polar surface area (TPSA) is 41.6 Å². The van der Waals surface area contributed by atoms with Crippen LogP contribution < -0.4 is 5.32 Å². The molecule has 3 saturated heterocycles. The minimum atomic E-state index is -0.0178. The van der Waals surface area contributed by atoms with Crippen LogP contribution in [0.2, 0.25) is 0 Å². The summed E-state index contributed by atoms with van der Waals surface area (Å²) in [7, 11) is 0. The highest BCUT2D eigenvalue weighted by molar-refractivity contribution is 5.93. The summed E-state index contributed by atoms with van der Waals surface area (Å²) in [6.07, 6.45) is 1.21. The maximum Gasteiger partial charge on any atom is 0.247 e. The van der Waals surface area contributed by atoms with Crippen molar-refractivity contribution in [3.05, 3.63) is 12.2 Å². The van der Waals surface area contributed by atoms with Gasteiger partial charge in [-0.15, -0.1) is 0 Å². The largest absolute Gasteiger partial charge is 0.378 e. The van der Waals surface area contributed by atoms with Crippen molar-refractivity contribution in [3.63, 3.8) is 0 Å². The number of carbonyl (C=O) groups is 1. The van der Waals surface area contributed by atoms with E-state index >= 15 is 0 Å². The zero-order valence-electron chi connectivity index (χ0n) is 11.7. The van der Waals surface area contributed by atoms with Crippen molar-refractivity contribution in [2.75, 3.05) is 26.3 Å². The van der Waals surface area contributed by atoms with E-state index in [4.69, 9.17) is 4.74 Å².